The van der Waals surface area contributed by atoms with Gasteiger partial charge in [0.05, 0.1) is 22.1 Å². The van der Waals surface area contributed by atoms with Crippen molar-refractivity contribution in [3.63, 3.8) is 0 Å². The molecule has 0 aliphatic carbocycles. The van der Waals surface area contributed by atoms with Gasteiger partial charge in [0, 0.05) is 0 Å². The first-order valence-corrected chi connectivity index (χ1v) is 6.37. The maximum absolute atomic E-state index is 4.62. The van der Waals surface area contributed by atoms with Gasteiger partial charge >= 0.3 is 0 Å². The number of aryl methyl sites for hydroxylation is 2. The van der Waals surface area contributed by atoms with Gasteiger partial charge in [-0.15, -0.1) is 0 Å². The summed E-state index contributed by atoms with van der Waals surface area (Å²) >= 11 is 0. The molecule has 0 bridgehead atoms. The average molecular weight is 238 g/mol. The SMILES string of the molecule is CC.Cc1ccc2nc3cc(C)ccc3nc2c1. The fourth-order valence-corrected chi connectivity index (χ4v) is 1.89. The molecular formula is C16H18N2. The van der Waals surface area contributed by atoms with Gasteiger partial charge in [0.2, 0.25) is 0 Å². The van der Waals surface area contributed by atoms with Crippen LogP contribution >= 0.6 is 0 Å². The van der Waals surface area contributed by atoms with Gasteiger partial charge in [-0.05, 0) is 49.2 Å². The van der Waals surface area contributed by atoms with E-state index in [4.69, 9.17) is 0 Å². The molecule has 0 amide bonds. The third-order valence-electron chi connectivity index (χ3n) is 2.74. The van der Waals surface area contributed by atoms with E-state index >= 15 is 0 Å². The van der Waals surface area contributed by atoms with Crippen LogP contribution in [0.1, 0.15) is 25.0 Å². The maximum Gasteiger partial charge on any atom is 0.0897 e. The minimum atomic E-state index is 0.962. The summed E-state index contributed by atoms with van der Waals surface area (Å²) in [5.74, 6) is 0. The van der Waals surface area contributed by atoms with Crippen LogP contribution in [0.3, 0.4) is 0 Å². The van der Waals surface area contributed by atoms with Gasteiger partial charge in [-0.2, -0.15) is 0 Å². The van der Waals surface area contributed by atoms with Crippen molar-refractivity contribution < 1.29 is 0 Å². The summed E-state index contributed by atoms with van der Waals surface area (Å²) in [5.41, 5.74) is 6.29. The molecule has 1 aromatic heterocycles. The fraction of sp³-hybridized carbons (Fsp3) is 0.250. The van der Waals surface area contributed by atoms with Crippen LogP contribution in [0.15, 0.2) is 36.4 Å². The molecular weight excluding hydrogens is 220 g/mol. The molecule has 2 heteroatoms. The first kappa shape index (κ1) is 12.5. The van der Waals surface area contributed by atoms with Crippen molar-refractivity contribution in [1.29, 1.82) is 0 Å². The Hall–Kier alpha value is -1.96. The molecule has 0 spiro atoms. The highest BCUT2D eigenvalue weighted by Gasteiger charge is 2.01. The molecule has 0 radical (unpaired) electrons. The highest BCUT2D eigenvalue weighted by Crippen LogP contribution is 2.17. The zero-order valence-electron chi connectivity index (χ0n) is 11.4. The summed E-state index contributed by atoms with van der Waals surface area (Å²) < 4.78 is 0. The zero-order valence-corrected chi connectivity index (χ0v) is 11.4. The topological polar surface area (TPSA) is 25.8 Å². The molecule has 0 saturated carbocycles. The van der Waals surface area contributed by atoms with Crippen LogP contribution in [0.4, 0.5) is 0 Å². The molecule has 0 aliphatic heterocycles. The molecule has 0 aliphatic rings. The van der Waals surface area contributed by atoms with Crippen LogP contribution in [0.25, 0.3) is 22.1 Å². The molecule has 0 unspecified atom stereocenters. The summed E-state index contributed by atoms with van der Waals surface area (Å²) in [6.07, 6.45) is 0. The molecule has 3 rings (SSSR count). The Morgan fingerprint density at radius 3 is 1.39 bits per heavy atom. The van der Waals surface area contributed by atoms with E-state index in [1.165, 1.54) is 11.1 Å². The number of hydrogen-bond acceptors (Lipinski definition) is 2. The van der Waals surface area contributed by atoms with Crippen molar-refractivity contribution in [3.8, 4) is 0 Å². The monoisotopic (exact) mass is 238 g/mol. The van der Waals surface area contributed by atoms with Crippen molar-refractivity contribution in [2.45, 2.75) is 27.7 Å². The number of rotatable bonds is 0. The first-order chi connectivity index (χ1) is 8.72. The highest BCUT2D eigenvalue weighted by molar-refractivity contribution is 5.86. The number of benzene rings is 2. The minimum Gasteiger partial charge on any atom is -0.244 e. The Morgan fingerprint density at radius 2 is 1.00 bits per heavy atom. The quantitative estimate of drug-likeness (QED) is 0.541. The van der Waals surface area contributed by atoms with Crippen molar-refractivity contribution in [2.24, 2.45) is 0 Å². The zero-order chi connectivity index (χ0) is 13.1. The Balaban J connectivity index is 0.000000574. The molecule has 92 valence electrons. The second kappa shape index (κ2) is 5.13. The summed E-state index contributed by atoms with van der Waals surface area (Å²) in [4.78, 5) is 9.23. The predicted molar refractivity (Wildman–Crippen MR) is 77.9 cm³/mol. The van der Waals surface area contributed by atoms with Crippen LogP contribution in [0, 0.1) is 13.8 Å². The number of fused-ring (bicyclic) bond motifs is 2. The lowest BCUT2D eigenvalue weighted by Gasteiger charge is -2.02. The van der Waals surface area contributed by atoms with Crippen molar-refractivity contribution in [3.05, 3.63) is 47.5 Å². The third kappa shape index (κ3) is 2.33. The smallest absolute Gasteiger partial charge is 0.0897 e. The lowest BCUT2D eigenvalue weighted by atomic mass is 10.2. The molecule has 3 aromatic rings. The second-order valence-electron chi connectivity index (χ2n) is 4.21. The van der Waals surface area contributed by atoms with Crippen molar-refractivity contribution in [1.82, 2.24) is 9.97 Å². The van der Waals surface area contributed by atoms with Crippen LogP contribution in [0.5, 0.6) is 0 Å². The minimum absolute atomic E-state index is 0.962. The van der Waals surface area contributed by atoms with E-state index in [1.54, 1.807) is 0 Å². The third-order valence-corrected chi connectivity index (χ3v) is 2.74. The largest absolute Gasteiger partial charge is 0.244 e. The van der Waals surface area contributed by atoms with Gasteiger partial charge in [-0.1, -0.05) is 26.0 Å². The van der Waals surface area contributed by atoms with Crippen LogP contribution in [-0.2, 0) is 0 Å². The molecule has 0 atom stereocenters. The van der Waals surface area contributed by atoms with Crippen molar-refractivity contribution in [2.75, 3.05) is 0 Å². The molecule has 18 heavy (non-hydrogen) atoms. The van der Waals surface area contributed by atoms with Gasteiger partial charge in [0.25, 0.3) is 0 Å². The molecule has 0 N–H and O–H groups in total. The summed E-state index contributed by atoms with van der Waals surface area (Å²) in [5, 5.41) is 0. The predicted octanol–water partition coefficient (Wildman–Crippen LogP) is 4.43. The van der Waals surface area contributed by atoms with E-state index in [0.717, 1.165) is 22.1 Å². The lowest BCUT2D eigenvalue weighted by molar-refractivity contribution is 1.35. The van der Waals surface area contributed by atoms with Crippen LogP contribution in [0.2, 0.25) is 0 Å². The standard InChI is InChI=1S/C14H12N2.C2H6/c1-9-3-5-11-13(7-9)15-12-6-4-10(2)8-14(12)16-11;1-2/h3-8H,1-2H3;1-2H3. The highest BCUT2D eigenvalue weighted by atomic mass is 14.8. The van der Waals surface area contributed by atoms with Crippen molar-refractivity contribution >= 4 is 22.1 Å². The number of aromatic nitrogens is 2. The molecule has 2 nitrogen and oxygen atoms in total. The normalized spacial score (nSPS) is 10.2. The molecule has 0 saturated heterocycles. The van der Waals surface area contributed by atoms with E-state index in [-0.39, 0.29) is 0 Å². The lowest BCUT2D eigenvalue weighted by Crippen LogP contribution is -1.88. The van der Waals surface area contributed by atoms with Crippen LogP contribution < -0.4 is 0 Å². The number of hydrogen-bond donors (Lipinski definition) is 0. The van der Waals surface area contributed by atoms with Crippen LogP contribution in [-0.4, -0.2) is 9.97 Å². The summed E-state index contributed by atoms with van der Waals surface area (Å²) in [6.45, 7) is 8.14. The van der Waals surface area contributed by atoms with E-state index < -0.39 is 0 Å². The molecule has 1 heterocycles. The second-order valence-corrected chi connectivity index (χ2v) is 4.21. The van der Waals surface area contributed by atoms with Gasteiger partial charge in [0.1, 0.15) is 0 Å². The Morgan fingerprint density at radius 1 is 0.611 bits per heavy atom. The van der Waals surface area contributed by atoms with E-state index in [2.05, 4.69) is 48.1 Å². The Kier molecular flexibility index (Phi) is 3.56. The molecule has 0 fully saturated rings. The average Bonchev–Trinajstić information content (AvgIpc) is 2.39. The summed E-state index contributed by atoms with van der Waals surface area (Å²) in [6, 6.07) is 12.3. The Labute approximate surface area is 108 Å². The van der Waals surface area contributed by atoms with E-state index in [1.807, 2.05) is 26.0 Å². The van der Waals surface area contributed by atoms with Gasteiger partial charge in [-0.3, -0.25) is 0 Å². The van der Waals surface area contributed by atoms with Gasteiger partial charge in [0.15, 0.2) is 0 Å². The fourth-order valence-electron chi connectivity index (χ4n) is 1.89. The van der Waals surface area contributed by atoms with E-state index in [9.17, 15) is 0 Å². The summed E-state index contributed by atoms with van der Waals surface area (Å²) in [7, 11) is 0. The number of nitrogens with zero attached hydrogens (tertiary/aromatic N) is 2. The first-order valence-electron chi connectivity index (χ1n) is 6.37. The Bertz CT molecular complexity index is 626. The molecule has 2 aromatic carbocycles. The maximum atomic E-state index is 4.62. The van der Waals surface area contributed by atoms with E-state index in [0.29, 0.717) is 0 Å². The van der Waals surface area contributed by atoms with Gasteiger partial charge in [-0.25, -0.2) is 9.97 Å². The van der Waals surface area contributed by atoms with Gasteiger partial charge < -0.3 is 0 Å².